The Morgan fingerprint density at radius 2 is 2.42 bits per heavy atom. The molecule has 2 aromatic heterocycles. The first-order chi connectivity index (χ1) is 5.95. The molecule has 0 aliphatic heterocycles. The van der Waals surface area contributed by atoms with Crippen LogP contribution < -0.4 is 0 Å². The van der Waals surface area contributed by atoms with Gasteiger partial charge in [0.1, 0.15) is 0 Å². The molecule has 0 aromatic carbocycles. The second-order valence-electron chi connectivity index (χ2n) is 2.26. The molecule has 0 amide bonds. The van der Waals surface area contributed by atoms with E-state index < -0.39 is 0 Å². The number of imidazole rings is 1. The summed E-state index contributed by atoms with van der Waals surface area (Å²) in [4.78, 5) is 6.81. The fourth-order valence-electron chi connectivity index (χ4n) is 0.841. The van der Waals surface area contributed by atoms with Gasteiger partial charge in [-0.1, -0.05) is 5.16 Å². The van der Waals surface area contributed by atoms with Crippen LogP contribution in [0, 0.1) is 0 Å². The molecule has 4 heteroatoms. The smallest absolute Gasteiger partial charge is 0.159 e. The van der Waals surface area contributed by atoms with Gasteiger partial charge in [0.25, 0.3) is 0 Å². The highest BCUT2D eigenvalue weighted by Gasteiger charge is 1.89. The summed E-state index contributed by atoms with van der Waals surface area (Å²) in [6, 6.07) is 1.78. The molecule has 0 aliphatic rings. The van der Waals surface area contributed by atoms with E-state index in [2.05, 4.69) is 15.1 Å². The van der Waals surface area contributed by atoms with Crippen molar-refractivity contribution >= 4 is 12.2 Å². The van der Waals surface area contributed by atoms with Crippen molar-refractivity contribution < 1.29 is 4.52 Å². The first kappa shape index (κ1) is 6.84. The van der Waals surface area contributed by atoms with Gasteiger partial charge in [0.05, 0.1) is 24.4 Å². The van der Waals surface area contributed by atoms with Crippen molar-refractivity contribution in [2.75, 3.05) is 0 Å². The molecule has 0 spiro atoms. The predicted octanol–water partition coefficient (Wildman–Crippen LogP) is 1.57. The van der Waals surface area contributed by atoms with Gasteiger partial charge in [-0.2, -0.15) is 0 Å². The standard InChI is InChI=1S/C8H7N3O/c1(7-5-9-6-10-7)2-8-3-4-11-12-8/h1-6H,(H,9,10). The predicted molar refractivity (Wildman–Crippen MR) is 44.0 cm³/mol. The molecule has 0 saturated carbocycles. The van der Waals surface area contributed by atoms with E-state index in [0.717, 1.165) is 11.5 Å². The third-order valence-electron chi connectivity index (χ3n) is 1.40. The molecular weight excluding hydrogens is 154 g/mol. The SMILES string of the molecule is C(=Cc1ccno1)c1cnc[nH]1. The van der Waals surface area contributed by atoms with Crippen molar-refractivity contribution in [3.05, 3.63) is 36.2 Å². The van der Waals surface area contributed by atoms with Gasteiger partial charge in [-0.25, -0.2) is 4.98 Å². The Hall–Kier alpha value is -1.84. The van der Waals surface area contributed by atoms with Crippen LogP contribution in [0.3, 0.4) is 0 Å². The van der Waals surface area contributed by atoms with Crippen LogP contribution in [-0.2, 0) is 0 Å². The molecule has 0 radical (unpaired) electrons. The maximum absolute atomic E-state index is 4.86. The molecule has 2 aromatic rings. The normalized spacial score (nSPS) is 11.0. The summed E-state index contributed by atoms with van der Waals surface area (Å²) >= 11 is 0. The first-order valence-electron chi connectivity index (χ1n) is 3.52. The summed E-state index contributed by atoms with van der Waals surface area (Å²) < 4.78 is 4.86. The van der Waals surface area contributed by atoms with Crippen molar-refractivity contribution in [1.82, 2.24) is 15.1 Å². The van der Waals surface area contributed by atoms with E-state index in [1.807, 2.05) is 12.2 Å². The molecule has 2 heterocycles. The average molecular weight is 161 g/mol. The Morgan fingerprint density at radius 1 is 1.42 bits per heavy atom. The van der Waals surface area contributed by atoms with Crippen LogP contribution in [0.1, 0.15) is 11.5 Å². The lowest BCUT2D eigenvalue weighted by Crippen LogP contribution is -1.66. The van der Waals surface area contributed by atoms with Crippen LogP contribution in [0.25, 0.3) is 12.2 Å². The zero-order chi connectivity index (χ0) is 8.23. The molecular formula is C8H7N3O. The maximum Gasteiger partial charge on any atom is 0.159 e. The molecule has 0 saturated heterocycles. The van der Waals surface area contributed by atoms with E-state index in [1.54, 1.807) is 24.8 Å². The molecule has 0 fully saturated rings. The monoisotopic (exact) mass is 161 g/mol. The Balaban J connectivity index is 2.14. The van der Waals surface area contributed by atoms with Crippen LogP contribution in [0.2, 0.25) is 0 Å². The lowest BCUT2D eigenvalue weighted by atomic mass is 10.3. The number of aromatic amines is 1. The van der Waals surface area contributed by atoms with Gasteiger partial charge in [0.2, 0.25) is 0 Å². The molecule has 0 bridgehead atoms. The average Bonchev–Trinajstić information content (AvgIpc) is 2.74. The number of hydrogen-bond donors (Lipinski definition) is 1. The van der Waals surface area contributed by atoms with Crippen molar-refractivity contribution in [3.63, 3.8) is 0 Å². The second kappa shape index (κ2) is 3.04. The third kappa shape index (κ3) is 1.42. The highest BCUT2D eigenvalue weighted by atomic mass is 16.5. The van der Waals surface area contributed by atoms with E-state index in [9.17, 15) is 0 Å². The summed E-state index contributed by atoms with van der Waals surface area (Å²) in [5.41, 5.74) is 0.936. The summed E-state index contributed by atoms with van der Waals surface area (Å²) in [5.74, 6) is 0.726. The van der Waals surface area contributed by atoms with Crippen molar-refractivity contribution in [2.24, 2.45) is 0 Å². The minimum atomic E-state index is 0.726. The lowest BCUT2D eigenvalue weighted by molar-refractivity contribution is 0.413. The van der Waals surface area contributed by atoms with Gasteiger partial charge in [0.15, 0.2) is 5.76 Å². The van der Waals surface area contributed by atoms with E-state index >= 15 is 0 Å². The van der Waals surface area contributed by atoms with Crippen LogP contribution in [0.5, 0.6) is 0 Å². The van der Waals surface area contributed by atoms with Crippen LogP contribution in [0.15, 0.2) is 29.3 Å². The van der Waals surface area contributed by atoms with Gasteiger partial charge < -0.3 is 9.51 Å². The number of hydrogen-bond acceptors (Lipinski definition) is 3. The number of nitrogens with zero attached hydrogens (tertiary/aromatic N) is 2. The van der Waals surface area contributed by atoms with Gasteiger partial charge >= 0.3 is 0 Å². The number of rotatable bonds is 2. The highest BCUT2D eigenvalue weighted by molar-refractivity contribution is 5.64. The van der Waals surface area contributed by atoms with E-state index in [-0.39, 0.29) is 0 Å². The fourth-order valence-corrected chi connectivity index (χ4v) is 0.841. The minimum Gasteiger partial charge on any atom is -0.357 e. The topological polar surface area (TPSA) is 54.7 Å². The van der Waals surface area contributed by atoms with Gasteiger partial charge in [-0.3, -0.25) is 0 Å². The van der Waals surface area contributed by atoms with E-state index in [0.29, 0.717) is 0 Å². The molecule has 0 unspecified atom stereocenters. The molecule has 12 heavy (non-hydrogen) atoms. The Labute approximate surface area is 68.9 Å². The molecule has 0 atom stereocenters. The largest absolute Gasteiger partial charge is 0.357 e. The van der Waals surface area contributed by atoms with Gasteiger partial charge in [0, 0.05) is 6.07 Å². The van der Waals surface area contributed by atoms with Crippen LogP contribution in [0.4, 0.5) is 0 Å². The molecule has 2 rings (SSSR count). The van der Waals surface area contributed by atoms with Gasteiger partial charge in [-0.05, 0) is 12.2 Å². The lowest BCUT2D eigenvalue weighted by Gasteiger charge is -1.81. The van der Waals surface area contributed by atoms with Crippen molar-refractivity contribution in [1.29, 1.82) is 0 Å². The van der Waals surface area contributed by atoms with Gasteiger partial charge in [-0.15, -0.1) is 0 Å². The Bertz CT molecular complexity index is 311. The minimum absolute atomic E-state index is 0.726. The Kier molecular flexibility index (Phi) is 1.74. The number of H-pyrrole nitrogens is 1. The molecule has 60 valence electrons. The molecule has 1 N–H and O–H groups in total. The Morgan fingerprint density at radius 3 is 3.08 bits per heavy atom. The zero-order valence-corrected chi connectivity index (χ0v) is 6.27. The summed E-state index contributed by atoms with van der Waals surface area (Å²) in [5, 5.41) is 3.57. The van der Waals surface area contributed by atoms with E-state index in [4.69, 9.17) is 4.52 Å². The zero-order valence-electron chi connectivity index (χ0n) is 6.27. The summed E-state index contributed by atoms with van der Waals surface area (Å²) in [6.45, 7) is 0. The fraction of sp³-hybridized carbons (Fsp3) is 0. The van der Waals surface area contributed by atoms with Crippen LogP contribution >= 0.6 is 0 Å². The van der Waals surface area contributed by atoms with Crippen molar-refractivity contribution in [2.45, 2.75) is 0 Å². The third-order valence-corrected chi connectivity index (χ3v) is 1.40. The van der Waals surface area contributed by atoms with E-state index in [1.165, 1.54) is 0 Å². The molecule has 0 aliphatic carbocycles. The quantitative estimate of drug-likeness (QED) is 0.727. The maximum atomic E-state index is 4.86. The molecule has 4 nitrogen and oxygen atoms in total. The summed E-state index contributed by atoms with van der Waals surface area (Å²) in [6.07, 6.45) is 8.65. The van der Waals surface area contributed by atoms with Crippen molar-refractivity contribution in [3.8, 4) is 0 Å². The number of nitrogens with one attached hydrogen (secondary N) is 1. The second-order valence-corrected chi connectivity index (χ2v) is 2.26. The highest BCUT2D eigenvalue weighted by Crippen LogP contribution is 2.03. The summed E-state index contributed by atoms with van der Waals surface area (Å²) in [7, 11) is 0. The van der Waals surface area contributed by atoms with Crippen LogP contribution in [-0.4, -0.2) is 15.1 Å². The first-order valence-corrected chi connectivity index (χ1v) is 3.52. The number of aromatic nitrogens is 3.